The Morgan fingerprint density at radius 2 is 2.06 bits per heavy atom. The van der Waals surface area contributed by atoms with E-state index in [0.29, 0.717) is 27.8 Å². The summed E-state index contributed by atoms with van der Waals surface area (Å²) >= 11 is 12.3. The molecule has 0 aliphatic carbocycles. The number of fused-ring (bicyclic) bond motifs is 2. The highest BCUT2D eigenvalue weighted by molar-refractivity contribution is 6.33. The summed E-state index contributed by atoms with van der Waals surface area (Å²) in [5.74, 6) is -0.541. The Balaban J connectivity index is 1.40. The van der Waals surface area contributed by atoms with Crippen LogP contribution in [0.25, 0.3) is 16.8 Å². The molecule has 166 valence electrons. The summed E-state index contributed by atoms with van der Waals surface area (Å²) in [7, 11) is 1.54. The number of carbonyl (C=O) groups is 2. The summed E-state index contributed by atoms with van der Waals surface area (Å²) in [4.78, 5) is 43.7. The predicted molar refractivity (Wildman–Crippen MR) is 121 cm³/mol. The van der Waals surface area contributed by atoms with Gasteiger partial charge in [-0.25, -0.2) is 19.9 Å². The quantitative estimate of drug-likeness (QED) is 0.476. The normalized spacial score (nSPS) is 15.7. The first-order valence-electron chi connectivity index (χ1n) is 9.72. The molecule has 0 fully saturated rings. The maximum absolute atomic E-state index is 12.9. The van der Waals surface area contributed by atoms with Crippen LogP contribution >= 0.6 is 23.2 Å². The molecule has 1 N–H and O–H groups in total. The van der Waals surface area contributed by atoms with E-state index >= 15 is 0 Å². The number of nitrogens with one attached hydrogen (secondary N) is 1. The van der Waals surface area contributed by atoms with Crippen molar-refractivity contribution in [3.63, 3.8) is 0 Å². The number of likely N-dealkylation sites (N-methyl/N-ethyl adjacent to an activating group) is 1. The van der Waals surface area contributed by atoms with Crippen LogP contribution in [0.15, 0.2) is 49.3 Å². The van der Waals surface area contributed by atoms with Crippen molar-refractivity contribution >= 4 is 46.4 Å². The van der Waals surface area contributed by atoms with Gasteiger partial charge in [-0.1, -0.05) is 23.2 Å². The third-order valence-corrected chi connectivity index (χ3v) is 5.57. The number of anilines is 1. The molecule has 0 bridgehead atoms. The van der Waals surface area contributed by atoms with Crippen LogP contribution in [0, 0.1) is 0 Å². The summed E-state index contributed by atoms with van der Waals surface area (Å²) in [6.45, 7) is -0.109. The zero-order chi connectivity index (χ0) is 23.1. The molecule has 5 rings (SSSR count). The molecule has 0 saturated heterocycles. The van der Waals surface area contributed by atoms with E-state index in [2.05, 4.69) is 25.3 Å². The van der Waals surface area contributed by atoms with Crippen molar-refractivity contribution in [3.8, 4) is 17.0 Å². The Kier molecular flexibility index (Phi) is 5.31. The molecule has 0 saturated carbocycles. The van der Waals surface area contributed by atoms with Crippen molar-refractivity contribution in [1.82, 2.24) is 29.7 Å². The molecular weight excluding hydrogens is 469 g/mol. The molecule has 0 aromatic carbocycles. The number of rotatable bonds is 3. The third kappa shape index (κ3) is 3.94. The van der Waals surface area contributed by atoms with Crippen LogP contribution in [0.1, 0.15) is 10.6 Å². The molecule has 2 amide bonds. The van der Waals surface area contributed by atoms with E-state index in [0.717, 1.165) is 5.52 Å². The minimum atomic E-state index is -0.985. The average molecular weight is 484 g/mol. The van der Waals surface area contributed by atoms with E-state index in [1.54, 1.807) is 31.7 Å². The number of carbonyl (C=O) groups excluding carboxylic acids is 2. The number of ether oxygens (including phenoxy) is 1. The fourth-order valence-corrected chi connectivity index (χ4v) is 3.77. The predicted octanol–water partition coefficient (Wildman–Crippen LogP) is 2.65. The van der Waals surface area contributed by atoms with Gasteiger partial charge in [-0.2, -0.15) is 0 Å². The first-order valence-corrected chi connectivity index (χ1v) is 10.5. The van der Waals surface area contributed by atoms with Crippen molar-refractivity contribution in [2.75, 3.05) is 18.6 Å². The van der Waals surface area contributed by atoms with Crippen LogP contribution < -0.4 is 15.0 Å². The lowest BCUT2D eigenvalue weighted by atomic mass is 10.1. The van der Waals surface area contributed by atoms with Crippen molar-refractivity contribution in [1.29, 1.82) is 0 Å². The summed E-state index contributed by atoms with van der Waals surface area (Å²) < 4.78 is 7.50. The molecular formula is C21H15Cl2N7O3. The van der Waals surface area contributed by atoms with Gasteiger partial charge in [0.15, 0.2) is 11.6 Å². The SMILES string of the molecule is CN1C(=O)[C@@H](NC(=O)c2ncc(Cl)c(-c3ccn4cncc4c3)n2)COc2cc(Cl)cnc21. The van der Waals surface area contributed by atoms with Crippen LogP contribution in [0.4, 0.5) is 5.82 Å². The van der Waals surface area contributed by atoms with Gasteiger partial charge in [0.25, 0.3) is 11.8 Å². The highest BCUT2D eigenvalue weighted by Gasteiger charge is 2.32. The second-order valence-corrected chi connectivity index (χ2v) is 8.08. The van der Waals surface area contributed by atoms with Gasteiger partial charge in [-0.3, -0.25) is 14.5 Å². The summed E-state index contributed by atoms with van der Waals surface area (Å²) in [6, 6.07) is 4.22. The summed E-state index contributed by atoms with van der Waals surface area (Å²) in [5, 5.41) is 3.28. The topological polar surface area (TPSA) is 115 Å². The molecule has 0 spiro atoms. The molecule has 1 aliphatic rings. The van der Waals surface area contributed by atoms with E-state index in [9.17, 15) is 9.59 Å². The smallest absolute Gasteiger partial charge is 0.289 e. The van der Waals surface area contributed by atoms with Crippen molar-refractivity contribution < 1.29 is 14.3 Å². The first-order chi connectivity index (χ1) is 15.9. The lowest BCUT2D eigenvalue weighted by Crippen LogP contribution is -2.49. The standard InChI is InChI=1S/C21H15Cl2N7O3/c1-29-19-16(5-12(22)6-26-19)33-9-15(21(29)32)27-20(31)18-25-8-14(23)17(28-18)11-2-3-30-10-24-7-13(30)4-11/h2-8,10,15H,9H2,1H3,(H,27,31)/t15-/m0/s1. The molecule has 1 aliphatic heterocycles. The lowest BCUT2D eigenvalue weighted by Gasteiger charge is -2.19. The molecule has 5 heterocycles. The zero-order valence-corrected chi connectivity index (χ0v) is 18.6. The second-order valence-electron chi connectivity index (χ2n) is 7.24. The number of hydrogen-bond donors (Lipinski definition) is 1. The van der Waals surface area contributed by atoms with Gasteiger partial charge in [0.1, 0.15) is 12.6 Å². The number of aromatic nitrogens is 5. The van der Waals surface area contributed by atoms with Gasteiger partial charge in [0.05, 0.1) is 40.0 Å². The fourth-order valence-electron chi connectivity index (χ4n) is 3.43. The Hall–Kier alpha value is -3.76. The Morgan fingerprint density at radius 1 is 1.21 bits per heavy atom. The number of pyridine rings is 2. The average Bonchev–Trinajstić information content (AvgIpc) is 3.25. The largest absolute Gasteiger partial charge is 0.487 e. The minimum absolute atomic E-state index is 0.109. The zero-order valence-electron chi connectivity index (χ0n) is 17.1. The van der Waals surface area contributed by atoms with E-state index in [1.807, 2.05) is 16.7 Å². The number of imidazole rings is 1. The van der Waals surface area contributed by atoms with E-state index < -0.39 is 17.9 Å². The highest BCUT2D eigenvalue weighted by atomic mass is 35.5. The lowest BCUT2D eigenvalue weighted by molar-refractivity contribution is -0.120. The fraction of sp³-hybridized carbons (Fsp3) is 0.143. The molecule has 12 heteroatoms. The first kappa shape index (κ1) is 21.1. The number of halogens is 2. The van der Waals surface area contributed by atoms with Gasteiger partial charge in [-0.05, 0) is 12.1 Å². The third-order valence-electron chi connectivity index (χ3n) is 5.09. The Bertz CT molecular complexity index is 1410. The number of amides is 2. The summed E-state index contributed by atoms with van der Waals surface area (Å²) in [6.07, 6.45) is 7.94. The van der Waals surface area contributed by atoms with E-state index in [1.165, 1.54) is 17.3 Å². The van der Waals surface area contributed by atoms with Crippen LogP contribution in [-0.4, -0.2) is 55.8 Å². The monoisotopic (exact) mass is 483 g/mol. The Labute approximate surface area is 197 Å². The van der Waals surface area contributed by atoms with Crippen LogP contribution in [0.5, 0.6) is 5.75 Å². The van der Waals surface area contributed by atoms with Gasteiger partial charge in [0, 0.05) is 31.1 Å². The van der Waals surface area contributed by atoms with Gasteiger partial charge in [0.2, 0.25) is 5.82 Å². The van der Waals surface area contributed by atoms with E-state index in [4.69, 9.17) is 27.9 Å². The van der Waals surface area contributed by atoms with Crippen molar-refractivity contribution in [2.24, 2.45) is 0 Å². The van der Waals surface area contributed by atoms with Gasteiger partial charge in [-0.15, -0.1) is 0 Å². The van der Waals surface area contributed by atoms with Gasteiger partial charge >= 0.3 is 0 Å². The molecule has 0 radical (unpaired) electrons. The van der Waals surface area contributed by atoms with Crippen LogP contribution in [-0.2, 0) is 4.79 Å². The van der Waals surface area contributed by atoms with Gasteiger partial charge < -0.3 is 14.5 Å². The molecule has 4 aromatic heterocycles. The molecule has 1 atom stereocenters. The molecule has 0 unspecified atom stereocenters. The van der Waals surface area contributed by atoms with Crippen molar-refractivity contribution in [3.05, 3.63) is 65.2 Å². The molecule has 33 heavy (non-hydrogen) atoms. The van der Waals surface area contributed by atoms with E-state index in [-0.39, 0.29) is 17.5 Å². The molecule has 4 aromatic rings. The van der Waals surface area contributed by atoms with Crippen LogP contribution in [0.3, 0.4) is 0 Å². The maximum Gasteiger partial charge on any atom is 0.289 e. The summed E-state index contributed by atoms with van der Waals surface area (Å²) in [5.41, 5.74) is 1.91. The second kappa shape index (κ2) is 8.30. The Morgan fingerprint density at radius 3 is 2.91 bits per heavy atom. The number of nitrogens with zero attached hydrogens (tertiary/aromatic N) is 6. The minimum Gasteiger partial charge on any atom is -0.487 e. The van der Waals surface area contributed by atoms with Crippen molar-refractivity contribution in [2.45, 2.75) is 6.04 Å². The molecule has 10 nitrogen and oxygen atoms in total. The number of hydrogen-bond acceptors (Lipinski definition) is 7. The van der Waals surface area contributed by atoms with Crippen LogP contribution in [0.2, 0.25) is 10.0 Å². The highest BCUT2D eigenvalue weighted by Crippen LogP contribution is 2.31. The maximum atomic E-state index is 12.9.